The molecule has 0 aromatic carbocycles. The average Bonchev–Trinajstić information content (AvgIpc) is 2.94. The summed E-state index contributed by atoms with van der Waals surface area (Å²) in [5.41, 5.74) is -0.261. The number of nitro groups is 1. The SMILES string of the molecule is Cc1nc(CN(C)c2sc(S(C)(=O)=O)cc2[N+](=O)[O-])no1. The number of rotatable bonds is 5. The second kappa shape index (κ2) is 5.41. The molecule has 0 aliphatic rings. The first-order valence-electron chi connectivity index (χ1n) is 5.67. The Morgan fingerprint density at radius 2 is 2.19 bits per heavy atom. The van der Waals surface area contributed by atoms with Gasteiger partial charge in [-0.1, -0.05) is 16.5 Å². The fourth-order valence-corrected chi connectivity index (χ4v) is 3.61. The second-order valence-electron chi connectivity index (χ2n) is 4.37. The minimum absolute atomic E-state index is 0.0552. The highest BCUT2D eigenvalue weighted by Crippen LogP contribution is 2.39. The Labute approximate surface area is 124 Å². The van der Waals surface area contributed by atoms with E-state index >= 15 is 0 Å². The van der Waals surface area contributed by atoms with Crippen molar-refractivity contribution in [1.29, 1.82) is 0 Å². The normalized spacial score (nSPS) is 11.6. The van der Waals surface area contributed by atoms with Crippen LogP contribution >= 0.6 is 11.3 Å². The van der Waals surface area contributed by atoms with Crippen LogP contribution in [0, 0.1) is 17.0 Å². The Kier molecular flexibility index (Phi) is 3.96. The summed E-state index contributed by atoms with van der Waals surface area (Å²) >= 11 is 0.839. The van der Waals surface area contributed by atoms with Crippen LogP contribution in [0.1, 0.15) is 11.7 Å². The van der Waals surface area contributed by atoms with Crippen LogP contribution in [0.2, 0.25) is 0 Å². The van der Waals surface area contributed by atoms with Crippen molar-refractivity contribution in [2.24, 2.45) is 0 Å². The van der Waals surface area contributed by atoms with E-state index in [1.165, 1.54) is 4.90 Å². The number of hydrogen-bond donors (Lipinski definition) is 0. The van der Waals surface area contributed by atoms with Gasteiger partial charge in [0.05, 0.1) is 11.5 Å². The van der Waals surface area contributed by atoms with Crippen LogP contribution in [0.4, 0.5) is 10.7 Å². The van der Waals surface area contributed by atoms with Crippen LogP contribution in [0.3, 0.4) is 0 Å². The highest BCUT2D eigenvalue weighted by Gasteiger charge is 2.26. The van der Waals surface area contributed by atoms with Gasteiger partial charge in [-0.3, -0.25) is 10.1 Å². The monoisotopic (exact) mass is 332 g/mol. The highest BCUT2D eigenvalue weighted by molar-refractivity contribution is 7.92. The van der Waals surface area contributed by atoms with E-state index in [-0.39, 0.29) is 21.4 Å². The molecule has 0 unspecified atom stereocenters. The Bertz CT molecular complexity index is 779. The van der Waals surface area contributed by atoms with Crippen molar-refractivity contribution in [2.45, 2.75) is 17.7 Å². The summed E-state index contributed by atoms with van der Waals surface area (Å²) in [5.74, 6) is 0.745. The summed E-state index contributed by atoms with van der Waals surface area (Å²) in [6.07, 6.45) is 1.01. The number of hydrogen-bond acceptors (Lipinski definition) is 9. The van der Waals surface area contributed by atoms with E-state index in [1.54, 1.807) is 14.0 Å². The van der Waals surface area contributed by atoms with Gasteiger partial charge in [-0.05, 0) is 0 Å². The molecule has 0 fully saturated rings. The molecule has 0 saturated carbocycles. The maximum absolute atomic E-state index is 11.5. The molecule has 0 bridgehead atoms. The zero-order valence-electron chi connectivity index (χ0n) is 11.4. The van der Waals surface area contributed by atoms with Crippen molar-refractivity contribution < 1.29 is 17.9 Å². The zero-order valence-corrected chi connectivity index (χ0v) is 13.1. The fraction of sp³-hybridized carbons (Fsp3) is 0.400. The molecule has 9 nitrogen and oxygen atoms in total. The average molecular weight is 332 g/mol. The lowest BCUT2D eigenvalue weighted by Crippen LogP contribution is -2.17. The smallest absolute Gasteiger partial charge is 0.305 e. The van der Waals surface area contributed by atoms with E-state index in [0.29, 0.717) is 11.7 Å². The van der Waals surface area contributed by atoms with E-state index in [9.17, 15) is 18.5 Å². The van der Waals surface area contributed by atoms with Crippen molar-refractivity contribution in [1.82, 2.24) is 10.1 Å². The molecule has 2 rings (SSSR count). The van der Waals surface area contributed by atoms with E-state index in [1.807, 2.05) is 0 Å². The third-order valence-electron chi connectivity index (χ3n) is 2.53. The van der Waals surface area contributed by atoms with Crippen LogP contribution in [-0.4, -0.2) is 36.8 Å². The second-order valence-corrected chi connectivity index (χ2v) is 7.64. The molecule has 0 amide bonds. The number of anilines is 1. The predicted octanol–water partition coefficient (Wildman–Crippen LogP) is 1.39. The molecular weight excluding hydrogens is 320 g/mol. The van der Waals surface area contributed by atoms with Crippen LogP contribution in [0.5, 0.6) is 0 Å². The zero-order chi connectivity index (χ0) is 15.8. The molecule has 11 heteroatoms. The third-order valence-corrected chi connectivity index (χ3v) is 5.57. The van der Waals surface area contributed by atoms with Gasteiger partial charge in [0.25, 0.3) is 0 Å². The van der Waals surface area contributed by atoms with E-state index in [2.05, 4.69) is 10.1 Å². The topological polar surface area (TPSA) is 119 Å². The number of aryl methyl sites for hydroxylation is 1. The van der Waals surface area contributed by atoms with Gasteiger partial charge in [0, 0.05) is 26.3 Å². The molecule has 21 heavy (non-hydrogen) atoms. The number of thiophene rings is 1. The molecule has 2 heterocycles. The maximum Gasteiger partial charge on any atom is 0.305 e. The van der Waals surface area contributed by atoms with Crippen molar-refractivity contribution in [2.75, 3.05) is 18.2 Å². The molecule has 0 radical (unpaired) electrons. The van der Waals surface area contributed by atoms with Crippen molar-refractivity contribution in [3.8, 4) is 0 Å². The first-order valence-corrected chi connectivity index (χ1v) is 8.38. The molecular formula is C10H12N4O5S2. The molecule has 0 saturated heterocycles. The van der Waals surface area contributed by atoms with Crippen molar-refractivity contribution >= 4 is 31.9 Å². The molecule has 114 valence electrons. The van der Waals surface area contributed by atoms with Gasteiger partial charge < -0.3 is 9.42 Å². The summed E-state index contributed by atoms with van der Waals surface area (Å²) in [4.78, 5) is 16.0. The van der Waals surface area contributed by atoms with Gasteiger partial charge in [-0.25, -0.2) is 8.42 Å². The minimum Gasteiger partial charge on any atom is -0.353 e. The molecule has 0 spiro atoms. The van der Waals surface area contributed by atoms with Gasteiger partial charge in [0.15, 0.2) is 20.7 Å². The molecule has 2 aromatic heterocycles. The quantitative estimate of drug-likeness (QED) is 0.595. The number of nitrogens with zero attached hydrogens (tertiary/aromatic N) is 4. The largest absolute Gasteiger partial charge is 0.353 e. The van der Waals surface area contributed by atoms with Crippen LogP contribution in [0.15, 0.2) is 14.8 Å². The predicted molar refractivity (Wildman–Crippen MR) is 75.2 cm³/mol. The minimum atomic E-state index is -3.50. The summed E-state index contributed by atoms with van der Waals surface area (Å²) in [6, 6.07) is 1.06. The lowest BCUT2D eigenvalue weighted by atomic mass is 10.4. The van der Waals surface area contributed by atoms with Gasteiger partial charge >= 0.3 is 5.69 Å². The lowest BCUT2D eigenvalue weighted by molar-refractivity contribution is -0.383. The summed E-state index contributed by atoms with van der Waals surface area (Å²) in [7, 11) is -1.91. The third kappa shape index (κ3) is 3.36. The fourth-order valence-electron chi connectivity index (χ4n) is 1.63. The summed E-state index contributed by atoms with van der Waals surface area (Å²) < 4.78 is 27.8. The summed E-state index contributed by atoms with van der Waals surface area (Å²) in [5, 5.41) is 15.0. The standard InChI is InChI=1S/C10H12N4O5S2/c1-6-11-8(12-19-6)5-13(2)10-7(14(15)16)4-9(20-10)21(3,17)18/h4H,5H2,1-3H3. The highest BCUT2D eigenvalue weighted by atomic mass is 32.2. The molecule has 2 aromatic rings. The van der Waals surface area contributed by atoms with E-state index < -0.39 is 14.8 Å². The first kappa shape index (κ1) is 15.4. The van der Waals surface area contributed by atoms with Gasteiger partial charge in [0.2, 0.25) is 5.89 Å². The van der Waals surface area contributed by atoms with Crippen molar-refractivity contribution in [3.05, 3.63) is 27.9 Å². The van der Waals surface area contributed by atoms with Crippen LogP contribution in [-0.2, 0) is 16.4 Å². The Hall–Kier alpha value is -2.01. The van der Waals surface area contributed by atoms with Gasteiger partial charge in [-0.15, -0.1) is 0 Å². The Morgan fingerprint density at radius 1 is 1.52 bits per heavy atom. The lowest BCUT2D eigenvalue weighted by Gasteiger charge is -2.13. The van der Waals surface area contributed by atoms with Crippen LogP contribution < -0.4 is 4.90 Å². The maximum atomic E-state index is 11.5. The Morgan fingerprint density at radius 3 is 2.67 bits per heavy atom. The van der Waals surface area contributed by atoms with Crippen molar-refractivity contribution in [3.63, 3.8) is 0 Å². The molecule has 0 atom stereocenters. The summed E-state index contributed by atoms with van der Waals surface area (Å²) in [6.45, 7) is 1.80. The number of aromatic nitrogens is 2. The first-order chi connectivity index (χ1) is 9.68. The van der Waals surface area contributed by atoms with E-state index in [0.717, 1.165) is 23.7 Å². The molecule has 0 N–H and O–H groups in total. The van der Waals surface area contributed by atoms with E-state index in [4.69, 9.17) is 4.52 Å². The number of sulfone groups is 1. The van der Waals surface area contributed by atoms with Crippen LogP contribution in [0.25, 0.3) is 0 Å². The van der Waals surface area contributed by atoms with Gasteiger partial charge in [-0.2, -0.15) is 4.98 Å². The van der Waals surface area contributed by atoms with Gasteiger partial charge in [0.1, 0.15) is 4.21 Å². The Balaban J connectivity index is 2.37. The molecule has 0 aliphatic carbocycles. The molecule has 0 aliphatic heterocycles.